The first-order valence-corrected chi connectivity index (χ1v) is 5.85. The fourth-order valence-corrected chi connectivity index (χ4v) is 2.24. The Labute approximate surface area is 107 Å². The van der Waals surface area contributed by atoms with Crippen molar-refractivity contribution in [3.05, 3.63) is 40.3 Å². The van der Waals surface area contributed by atoms with Crippen LogP contribution in [0.2, 0.25) is 0 Å². The predicted molar refractivity (Wildman–Crippen MR) is 65.8 cm³/mol. The number of rotatable bonds is 3. The van der Waals surface area contributed by atoms with Crippen LogP contribution < -0.4 is 0 Å². The van der Waals surface area contributed by atoms with Gasteiger partial charge in [0.05, 0.1) is 12.7 Å². The van der Waals surface area contributed by atoms with Crippen LogP contribution in [0.5, 0.6) is 0 Å². The Morgan fingerprint density at radius 1 is 1.28 bits per heavy atom. The van der Waals surface area contributed by atoms with E-state index in [9.17, 15) is 9.59 Å². The SMILES string of the molecule is COC(=O)c1cc(-c2cncc(C(=O)O)c2)cs1. The molecule has 0 aliphatic rings. The second-order valence-electron chi connectivity index (χ2n) is 3.46. The molecule has 0 amide bonds. The number of pyridine rings is 1. The van der Waals surface area contributed by atoms with Crippen molar-refractivity contribution in [2.45, 2.75) is 0 Å². The second-order valence-corrected chi connectivity index (χ2v) is 4.37. The van der Waals surface area contributed by atoms with E-state index in [4.69, 9.17) is 5.11 Å². The van der Waals surface area contributed by atoms with Gasteiger partial charge in [0.2, 0.25) is 0 Å². The van der Waals surface area contributed by atoms with Crippen LogP contribution in [0.25, 0.3) is 11.1 Å². The molecule has 0 saturated carbocycles. The number of hydrogen-bond acceptors (Lipinski definition) is 5. The van der Waals surface area contributed by atoms with Crippen molar-refractivity contribution in [1.82, 2.24) is 4.98 Å². The van der Waals surface area contributed by atoms with Crippen molar-refractivity contribution in [3.63, 3.8) is 0 Å². The molecule has 0 aromatic carbocycles. The van der Waals surface area contributed by atoms with Crippen LogP contribution in [0.1, 0.15) is 20.0 Å². The molecule has 6 heteroatoms. The van der Waals surface area contributed by atoms with Gasteiger partial charge in [0.15, 0.2) is 0 Å². The molecule has 0 unspecified atom stereocenters. The molecular weight excluding hydrogens is 254 g/mol. The predicted octanol–water partition coefficient (Wildman–Crippen LogP) is 2.29. The van der Waals surface area contributed by atoms with Gasteiger partial charge >= 0.3 is 11.9 Å². The summed E-state index contributed by atoms with van der Waals surface area (Å²) >= 11 is 1.24. The lowest BCUT2D eigenvalue weighted by Gasteiger charge is -1.98. The maximum absolute atomic E-state index is 11.3. The fraction of sp³-hybridized carbons (Fsp3) is 0.0833. The molecule has 18 heavy (non-hydrogen) atoms. The molecule has 5 nitrogen and oxygen atoms in total. The molecule has 2 heterocycles. The lowest BCUT2D eigenvalue weighted by atomic mass is 10.1. The summed E-state index contributed by atoms with van der Waals surface area (Å²) in [5, 5.41) is 10.6. The molecule has 0 aliphatic heterocycles. The Kier molecular flexibility index (Phi) is 3.38. The van der Waals surface area contributed by atoms with Gasteiger partial charge < -0.3 is 9.84 Å². The van der Waals surface area contributed by atoms with Gasteiger partial charge in [-0.3, -0.25) is 4.98 Å². The van der Waals surface area contributed by atoms with E-state index in [1.165, 1.54) is 30.7 Å². The van der Waals surface area contributed by atoms with Crippen molar-refractivity contribution in [3.8, 4) is 11.1 Å². The van der Waals surface area contributed by atoms with E-state index in [0.29, 0.717) is 10.4 Å². The number of thiophene rings is 1. The zero-order valence-electron chi connectivity index (χ0n) is 9.41. The van der Waals surface area contributed by atoms with Crippen LogP contribution in [0.15, 0.2) is 29.9 Å². The highest BCUT2D eigenvalue weighted by Crippen LogP contribution is 2.26. The van der Waals surface area contributed by atoms with Gasteiger partial charge in [-0.25, -0.2) is 9.59 Å². The molecule has 0 bridgehead atoms. The molecule has 0 atom stereocenters. The summed E-state index contributed by atoms with van der Waals surface area (Å²) in [5.41, 5.74) is 1.51. The van der Waals surface area contributed by atoms with Crippen LogP contribution in [-0.2, 0) is 4.74 Å². The molecule has 2 aromatic heterocycles. The smallest absolute Gasteiger partial charge is 0.348 e. The van der Waals surface area contributed by atoms with Crippen molar-refractivity contribution in [1.29, 1.82) is 0 Å². The van der Waals surface area contributed by atoms with E-state index in [1.54, 1.807) is 17.6 Å². The summed E-state index contributed by atoms with van der Waals surface area (Å²) in [6, 6.07) is 3.16. The van der Waals surface area contributed by atoms with Crippen molar-refractivity contribution in [2.75, 3.05) is 7.11 Å². The molecule has 0 spiro atoms. The first-order valence-electron chi connectivity index (χ1n) is 4.97. The Morgan fingerprint density at radius 3 is 2.72 bits per heavy atom. The molecule has 0 fully saturated rings. The molecule has 92 valence electrons. The van der Waals surface area contributed by atoms with Crippen LogP contribution >= 0.6 is 11.3 Å². The number of aromatic nitrogens is 1. The number of esters is 1. The van der Waals surface area contributed by atoms with Crippen LogP contribution in [0.4, 0.5) is 0 Å². The van der Waals surface area contributed by atoms with Crippen LogP contribution in [0, 0.1) is 0 Å². The number of carbonyl (C=O) groups excluding carboxylic acids is 1. The topological polar surface area (TPSA) is 76.5 Å². The highest BCUT2D eigenvalue weighted by Gasteiger charge is 2.11. The standard InChI is InChI=1S/C12H9NO4S/c1-17-12(16)10-3-9(6-18-10)7-2-8(11(14)15)5-13-4-7/h2-6H,1H3,(H,14,15). The Morgan fingerprint density at radius 2 is 2.06 bits per heavy atom. The number of aromatic carboxylic acids is 1. The molecule has 0 radical (unpaired) electrons. The normalized spacial score (nSPS) is 10.1. The van der Waals surface area contributed by atoms with Gasteiger partial charge in [0.1, 0.15) is 4.88 Å². The minimum absolute atomic E-state index is 0.110. The summed E-state index contributed by atoms with van der Waals surface area (Å²) in [5.74, 6) is -1.44. The second kappa shape index (κ2) is 4.97. The van der Waals surface area contributed by atoms with E-state index in [-0.39, 0.29) is 5.56 Å². The zero-order chi connectivity index (χ0) is 13.1. The third-order valence-electron chi connectivity index (χ3n) is 2.30. The highest BCUT2D eigenvalue weighted by molar-refractivity contribution is 7.12. The number of carboxylic acid groups (broad SMARTS) is 1. The van der Waals surface area contributed by atoms with Crippen molar-refractivity contribution < 1.29 is 19.4 Å². The van der Waals surface area contributed by atoms with Gasteiger partial charge in [-0.05, 0) is 23.1 Å². The summed E-state index contributed by atoms with van der Waals surface area (Å²) in [4.78, 5) is 26.5. The van der Waals surface area contributed by atoms with Gasteiger partial charge in [0, 0.05) is 18.0 Å². The number of carboxylic acids is 1. The largest absolute Gasteiger partial charge is 0.478 e. The van der Waals surface area contributed by atoms with Gasteiger partial charge in [0.25, 0.3) is 0 Å². The lowest BCUT2D eigenvalue weighted by Crippen LogP contribution is -1.98. The van der Waals surface area contributed by atoms with E-state index < -0.39 is 11.9 Å². The highest BCUT2D eigenvalue weighted by atomic mass is 32.1. The quantitative estimate of drug-likeness (QED) is 0.860. The molecule has 0 aliphatic carbocycles. The monoisotopic (exact) mass is 263 g/mol. The van der Waals surface area contributed by atoms with E-state index in [2.05, 4.69) is 9.72 Å². The lowest BCUT2D eigenvalue weighted by molar-refractivity contribution is 0.0605. The average Bonchev–Trinajstić information content (AvgIpc) is 2.87. The summed E-state index contributed by atoms with van der Waals surface area (Å²) in [6.45, 7) is 0. The maximum atomic E-state index is 11.3. The van der Waals surface area contributed by atoms with Gasteiger partial charge in [-0.2, -0.15) is 0 Å². The summed E-state index contributed by atoms with van der Waals surface area (Å²) < 4.78 is 4.61. The van der Waals surface area contributed by atoms with Crippen molar-refractivity contribution in [2.24, 2.45) is 0 Å². The number of nitrogens with zero attached hydrogens (tertiary/aromatic N) is 1. The Balaban J connectivity index is 2.37. The minimum Gasteiger partial charge on any atom is -0.478 e. The Bertz CT molecular complexity index is 606. The summed E-state index contributed by atoms with van der Waals surface area (Å²) in [6.07, 6.45) is 2.83. The number of methoxy groups -OCH3 is 1. The average molecular weight is 263 g/mol. The Hall–Kier alpha value is -2.21. The molecule has 2 aromatic rings. The van der Waals surface area contributed by atoms with E-state index in [1.807, 2.05) is 0 Å². The van der Waals surface area contributed by atoms with E-state index >= 15 is 0 Å². The van der Waals surface area contributed by atoms with Crippen LogP contribution in [-0.4, -0.2) is 29.1 Å². The first-order chi connectivity index (χ1) is 8.61. The first kappa shape index (κ1) is 12.3. The minimum atomic E-state index is -1.03. The van der Waals surface area contributed by atoms with E-state index in [0.717, 1.165) is 5.56 Å². The van der Waals surface area contributed by atoms with Gasteiger partial charge in [-0.1, -0.05) is 0 Å². The van der Waals surface area contributed by atoms with Crippen LogP contribution in [0.3, 0.4) is 0 Å². The molecule has 1 N–H and O–H groups in total. The molecule has 2 rings (SSSR count). The number of carbonyl (C=O) groups is 2. The van der Waals surface area contributed by atoms with Gasteiger partial charge in [-0.15, -0.1) is 11.3 Å². The summed E-state index contributed by atoms with van der Waals surface area (Å²) in [7, 11) is 1.31. The number of hydrogen-bond donors (Lipinski definition) is 1. The maximum Gasteiger partial charge on any atom is 0.348 e. The molecule has 0 saturated heterocycles. The third-order valence-corrected chi connectivity index (χ3v) is 3.21. The third kappa shape index (κ3) is 2.38. The zero-order valence-corrected chi connectivity index (χ0v) is 10.2. The fourth-order valence-electron chi connectivity index (χ4n) is 1.41. The molecular formula is C12H9NO4S. The number of ether oxygens (including phenoxy) is 1. The van der Waals surface area contributed by atoms with Crippen molar-refractivity contribution >= 4 is 23.3 Å².